The SMILES string of the molecule is COCCn1c(SC(C)C(=O)Nc2ccc(Cl)cc2)nc2cc(Cl)ccc2c1=O. The molecule has 1 unspecified atom stereocenters. The van der Waals surface area contributed by atoms with Gasteiger partial charge in [-0.3, -0.25) is 14.2 Å². The van der Waals surface area contributed by atoms with E-state index in [0.29, 0.717) is 44.9 Å². The minimum atomic E-state index is -0.497. The largest absolute Gasteiger partial charge is 0.383 e. The van der Waals surface area contributed by atoms with Crippen molar-refractivity contribution in [2.45, 2.75) is 23.9 Å². The average Bonchev–Trinajstić information content (AvgIpc) is 2.69. The van der Waals surface area contributed by atoms with Gasteiger partial charge in [0.15, 0.2) is 5.16 Å². The Morgan fingerprint density at radius 3 is 2.59 bits per heavy atom. The Balaban J connectivity index is 1.89. The molecule has 0 aliphatic heterocycles. The van der Waals surface area contributed by atoms with Gasteiger partial charge >= 0.3 is 0 Å². The van der Waals surface area contributed by atoms with Crippen LogP contribution >= 0.6 is 35.0 Å². The number of nitrogens with one attached hydrogen (secondary N) is 1. The van der Waals surface area contributed by atoms with E-state index in [1.807, 2.05) is 0 Å². The first-order valence-corrected chi connectivity index (χ1v) is 10.4. The molecule has 0 radical (unpaired) electrons. The number of aromatic nitrogens is 2. The number of halogens is 2. The molecule has 9 heteroatoms. The minimum absolute atomic E-state index is 0.198. The maximum atomic E-state index is 12.9. The summed E-state index contributed by atoms with van der Waals surface area (Å²) in [6.07, 6.45) is 0. The van der Waals surface area contributed by atoms with Gasteiger partial charge in [-0.05, 0) is 49.4 Å². The number of anilines is 1. The third kappa shape index (κ3) is 5.30. The van der Waals surface area contributed by atoms with Crippen molar-refractivity contribution in [1.82, 2.24) is 9.55 Å². The first kappa shape index (κ1) is 21.6. The molecular formula is C20H19Cl2N3O3S. The van der Waals surface area contributed by atoms with E-state index in [1.165, 1.54) is 16.3 Å². The van der Waals surface area contributed by atoms with Crippen molar-refractivity contribution in [1.29, 1.82) is 0 Å². The lowest BCUT2D eigenvalue weighted by Crippen LogP contribution is -2.28. The Bertz CT molecular complexity index is 1090. The molecule has 1 amide bonds. The van der Waals surface area contributed by atoms with Gasteiger partial charge in [0.2, 0.25) is 5.91 Å². The zero-order valence-electron chi connectivity index (χ0n) is 15.8. The summed E-state index contributed by atoms with van der Waals surface area (Å²) in [6.45, 7) is 2.43. The van der Waals surface area contributed by atoms with Crippen LogP contribution in [-0.2, 0) is 16.1 Å². The second-order valence-electron chi connectivity index (χ2n) is 6.26. The van der Waals surface area contributed by atoms with Gasteiger partial charge in [-0.2, -0.15) is 0 Å². The lowest BCUT2D eigenvalue weighted by molar-refractivity contribution is -0.115. The van der Waals surface area contributed by atoms with Crippen molar-refractivity contribution in [2.75, 3.05) is 19.0 Å². The smallest absolute Gasteiger partial charge is 0.262 e. The van der Waals surface area contributed by atoms with Crippen LogP contribution in [0.3, 0.4) is 0 Å². The van der Waals surface area contributed by atoms with E-state index in [1.54, 1.807) is 56.5 Å². The minimum Gasteiger partial charge on any atom is -0.383 e. The van der Waals surface area contributed by atoms with Gasteiger partial charge in [-0.15, -0.1) is 0 Å². The van der Waals surface area contributed by atoms with Crippen LogP contribution in [0.5, 0.6) is 0 Å². The van der Waals surface area contributed by atoms with Gasteiger partial charge in [0.1, 0.15) is 0 Å². The molecule has 0 aliphatic rings. The van der Waals surface area contributed by atoms with Crippen LogP contribution in [0.25, 0.3) is 10.9 Å². The summed E-state index contributed by atoms with van der Waals surface area (Å²) in [4.78, 5) is 30.1. The van der Waals surface area contributed by atoms with E-state index in [9.17, 15) is 9.59 Å². The second kappa shape index (κ2) is 9.63. The van der Waals surface area contributed by atoms with Gasteiger partial charge in [0, 0.05) is 22.8 Å². The predicted molar refractivity (Wildman–Crippen MR) is 118 cm³/mol. The van der Waals surface area contributed by atoms with Crippen molar-refractivity contribution in [2.24, 2.45) is 0 Å². The first-order chi connectivity index (χ1) is 13.9. The van der Waals surface area contributed by atoms with Crippen LogP contribution in [0.15, 0.2) is 52.4 Å². The number of methoxy groups -OCH3 is 1. The molecule has 2 aromatic carbocycles. The molecule has 1 atom stereocenters. The molecular weight excluding hydrogens is 433 g/mol. The number of fused-ring (bicyclic) bond motifs is 1. The highest BCUT2D eigenvalue weighted by molar-refractivity contribution is 8.00. The Morgan fingerprint density at radius 2 is 1.90 bits per heavy atom. The van der Waals surface area contributed by atoms with E-state index in [2.05, 4.69) is 10.3 Å². The third-order valence-corrected chi connectivity index (χ3v) is 5.74. The molecule has 3 aromatic rings. The van der Waals surface area contributed by atoms with Crippen LogP contribution in [0.4, 0.5) is 5.69 Å². The zero-order chi connectivity index (χ0) is 21.0. The van der Waals surface area contributed by atoms with Crippen molar-refractivity contribution < 1.29 is 9.53 Å². The van der Waals surface area contributed by atoms with Crippen LogP contribution in [-0.4, -0.2) is 34.4 Å². The summed E-state index contributed by atoms with van der Waals surface area (Å²) < 4.78 is 6.64. The number of thioether (sulfide) groups is 1. The highest BCUT2D eigenvalue weighted by Crippen LogP contribution is 2.25. The lowest BCUT2D eigenvalue weighted by Gasteiger charge is -2.16. The van der Waals surface area contributed by atoms with Gasteiger partial charge in [-0.25, -0.2) is 4.98 Å². The number of hydrogen-bond donors (Lipinski definition) is 1. The van der Waals surface area contributed by atoms with E-state index in [0.717, 1.165) is 0 Å². The maximum absolute atomic E-state index is 12.9. The van der Waals surface area contributed by atoms with Gasteiger partial charge in [-0.1, -0.05) is 35.0 Å². The number of hydrogen-bond acceptors (Lipinski definition) is 5. The monoisotopic (exact) mass is 451 g/mol. The highest BCUT2D eigenvalue weighted by atomic mass is 35.5. The van der Waals surface area contributed by atoms with Crippen LogP contribution < -0.4 is 10.9 Å². The van der Waals surface area contributed by atoms with E-state index in [4.69, 9.17) is 27.9 Å². The number of carbonyl (C=O) groups is 1. The summed E-state index contributed by atoms with van der Waals surface area (Å²) in [5, 5.41) is 4.31. The van der Waals surface area contributed by atoms with Crippen molar-refractivity contribution in [3.63, 3.8) is 0 Å². The molecule has 0 aliphatic carbocycles. The molecule has 152 valence electrons. The molecule has 0 saturated carbocycles. The molecule has 0 spiro atoms. The quantitative estimate of drug-likeness (QED) is 0.423. The molecule has 0 bridgehead atoms. The number of nitrogens with zero attached hydrogens (tertiary/aromatic N) is 2. The van der Waals surface area contributed by atoms with Crippen molar-refractivity contribution >= 4 is 57.5 Å². The van der Waals surface area contributed by atoms with Crippen LogP contribution in [0.2, 0.25) is 10.0 Å². The number of amides is 1. The molecule has 3 rings (SSSR count). The number of benzene rings is 2. The Labute approximate surface area is 182 Å². The number of carbonyl (C=O) groups excluding carboxylic acids is 1. The van der Waals surface area contributed by atoms with Crippen LogP contribution in [0, 0.1) is 0 Å². The maximum Gasteiger partial charge on any atom is 0.262 e. The number of ether oxygens (including phenoxy) is 1. The summed E-state index contributed by atoms with van der Waals surface area (Å²) in [6, 6.07) is 11.8. The second-order valence-corrected chi connectivity index (χ2v) is 8.44. The fraction of sp³-hybridized carbons (Fsp3) is 0.250. The standard InChI is InChI=1S/C20H19Cl2N3O3S/c1-12(18(26)23-15-6-3-13(21)4-7-15)29-20-24-17-11-14(22)5-8-16(17)19(27)25(20)9-10-28-2/h3-8,11-12H,9-10H2,1-2H3,(H,23,26). The molecule has 29 heavy (non-hydrogen) atoms. The summed E-state index contributed by atoms with van der Waals surface area (Å²) in [5.74, 6) is -0.212. The molecule has 6 nitrogen and oxygen atoms in total. The van der Waals surface area contributed by atoms with Gasteiger partial charge in [0.05, 0.1) is 29.3 Å². The summed E-state index contributed by atoms with van der Waals surface area (Å²) >= 11 is 13.1. The average molecular weight is 452 g/mol. The molecule has 1 heterocycles. The molecule has 1 aromatic heterocycles. The highest BCUT2D eigenvalue weighted by Gasteiger charge is 2.20. The van der Waals surface area contributed by atoms with Gasteiger partial charge in [0.25, 0.3) is 5.56 Å². The van der Waals surface area contributed by atoms with E-state index < -0.39 is 5.25 Å². The van der Waals surface area contributed by atoms with Crippen LogP contribution in [0.1, 0.15) is 6.92 Å². The Morgan fingerprint density at radius 1 is 1.21 bits per heavy atom. The topological polar surface area (TPSA) is 73.2 Å². The Kier molecular flexibility index (Phi) is 7.18. The van der Waals surface area contributed by atoms with Gasteiger partial charge < -0.3 is 10.1 Å². The van der Waals surface area contributed by atoms with Crippen molar-refractivity contribution in [3.8, 4) is 0 Å². The first-order valence-electron chi connectivity index (χ1n) is 8.81. The predicted octanol–water partition coefficient (Wildman–Crippen LogP) is 4.47. The zero-order valence-corrected chi connectivity index (χ0v) is 18.1. The fourth-order valence-electron chi connectivity index (χ4n) is 2.63. The Hall–Kier alpha value is -2.06. The normalized spacial score (nSPS) is 12.1. The molecule has 0 saturated heterocycles. The molecule has 0 fully saturated rings. The summed E-state index contributed by atoms with van der Waals surface area (Å²) in [5.41, 5.74) is 0.933. The van der Waals surface area contributed by atoms with E-state index in [-0.39, 0.29) is 11.5 Å². The summed E-state index contributed by atoms with van der Waals surface area (Å²) in [7, 11) is 1.56. The van der Waals surface area contributed by atoms with E-state index >= 15 is 0 Å². The number of rotatable bonds is 7. The van der Waals surface area contributed by atoms with Crippen molar-refractivity contribution in [3.05, 3.63) is 62.9 Å². The fourth-order valence-corrected chi connectivity index (χ4v) is 3.86. The third-order valence-electron chi connectivity index (χ3n) is 4.16. The molecule has 1 N–H and O–H groups in total. The lowest BCUT2D eigenvalue weighted by atomic mass is 10.2.